The number of fused-ring (bicyclic) bond motifs is 3. The van der Waals surface area contributed by atoms with Crippen LogP contribution in [0.1, 0.15) is 49.1 Å². The van der Waals surface area contributed by atoms with Crippen molar-refractivity contribution in [3.8, 4) is 0 Å². The summed E-state index contributed by atoms with van der Waals surface area (Å²) in [7, 11) is 1.81. The minimum Gasteiger partial charge on any atom is -0.446 e. The lowest BCUT2D eigenvalue weighted by molar-refractivity contribution is -0.138. The monoisotopic (exact) mass is 273 g/mol. The number of amides is 1. The van der Waals surface area contributed by atoms with E-state index in [1.807, 2.05) is 7.05 Å². The summed E-state index contributed by atoms with van der Waals surface area (Å²) in [6, 6.07) is 0.139. The summed E-state index contributed by atoms with van der Waals surface area (Å²) in [5, 5.41) is 3.11. The zero-order valence-electron chi connectivity index (χ0n) is 11.6. The van der Waals surface area contributed by atoms with Crippen molar-refractivity contribution in [3.05, 3.63) is 30.0 Å². The zero-order valence-corrected chi connectivity index (χ0v) is 11.6. The Labute approximate surface area is 118 Å². The molecule has 4 rings (SSSR count). The van der Waals surface area contributed by atoms with E-state index < -0.39 is 6.04 Å². The second-order valence-electron chi connectivity index (χ2n) is 5.90. The van der Waals surface area contributed by atoms with E-state index in [2.05, 4.69) is 27.4 Å². The highest BCUT2D eigenvalue weighted by Crippen LogP contribution is 2.45. The van der Waals surface area contributed by atoms with Crippen LogP contribution in [0, 0.1) is 0 Å². The Bertz CT molecular complexity index is 565. The Balaban J connectivity index is 1.82. The lowest BCUT2D eigenvalue weighted by atomic mass is 9.94. The first kappa shape index (κ1) is 12.1. The summed E-state index contributed by atoms with van der Waals surface area (Å²) in [4.78, 5) is 19.5. The third-order valence-corrected chi connectivity index (χ3v) is 4.96. The van der Waals surface area contributed by atoms with Gasteiger partial charge in [0.05, 0.1) is 11.7 Å². The molecule has 0 aromatic carbocycles. The van der Waals surface area contributed by atoms with Crippen LogP contribution in [0.15, 0.2) is 23.0 Å². The Morgan fingerprint density at radius 3 is 3.00 bits per heavy atom. The van der Waals surface area contributed by atoms with Gasteiger partial charge in [0.1, 0.15) is 6.04 Å². The van der Waals surface area contributed by atoms with Gasteiger partial charge < -0.3 is 14.6 Å². The van der Waals surface area contributed by atoms with Gasteiger partial charge in [-0.05, 0) is 26.3 Å². The molecule has 1 aliphatic heterocycles. The lowest BCUT2D eigenvalue weighted by Gasteiger charge is -2.39. The standard InChI is InChI=1S/C15H19N3O2/c1-16-13-14-12(17-8-20-14)10-6-3-7-11(10)18(15(13)19)9-4-2-5-9/h2,4,8-11,13,16H,3,5-7H2,1H3. The second kappa shape index (κ2) is 4.45. The fraction of sp³-hybridized carbons (Fsp3) is 0.600. The number of carbonyl (C=O) groups is 1. The molecule has 4 unspecified atom stereocenters. The van der Waals surface area contributed by atoms with Gasteiger partial charge in [-0.3, -0.25) is 4.79 Å². The van der Waals surface area contributed by atoms with Crippen molar-refractivity contribution in [2.75, 3.05) is 7.05 Å². The van der Waals surface area contributed by atoms with E-state index in [0.717, 1.165) is 37.1 Å². The third kappa shape index (κ3) is 1.53. The maximum Gasteiger partial charge on any atom is 0.248 e. The molecule has 5 heteroatoms. The fourth-order valence-electron chi connectivity index (χ4n) is 3.90. The van der Waals surface area contributed by atoms with Gasteiger partial charge in [0, 0.05) is 12.0 Å². The average Bonchev–Trinajstić information content (AvgIpc) is 3.00. The van der Waals surface area contributed by atoms with Crippen LogP contribution in [0.2, 0.25) is 0 Å². The van der Waals surface area contributed by atoms with Crippen LogP contribution in [0.5, 0.6) is 0 Å². The minimum atomic E-state index is -0.396. The topological polar surface area (TPSA) is 58.4 Å². The number of nitrogens with zero attached hydrogens (tertiary/aromatic N) is 2. The Morgan fingerprint density at radius 1 is 1.45 bits per heavy atom. The summed E-state index contributed by atoms with van der Waals surface area (Å²) >= 11 is 0. The van der Waals surface area contributed by atoms with Crippen molar-refractivity contribution < 1.29 is 9.21 Å². The van der Waals surface area contributed by atoms with Crippen molar-refractivity contribution in [3.63, 3.8) is 0 Å². The average molecular weight is 273 g/mol. The van der Waals surface area contributed by atoms with Crippen molar-refractivity contribution in [2.45, 2.75) is 49.7 Å². The predicted octanol–water partition coefficient (Wildman–Crippen LogP) is 1.74. The molecule has 2 aliphatic carbocycles. The molecular formula is C15H19N3O2. The predicted molar refractivity (Wildman–Crippen MR) is 73.1 cm³/mol. The molecule has 1 fully saturated rings. The van der Waals surface area contributed by atoms with E-state index >= 15 is 0 Å². The first-order chi connectivity index (χ1) is 9.81. The normalized spacial score (nSPS) is 35.5. The molecule has 2 heterocycles. The van der Waals surface area contributed by atoms with E-state index in [1.54, 1.807) is 0 Å². The van der Waals surface area contributed by atoms with Gasteiger partial charge in [-0.2, -0.15) is 0 Å². The summed E-state index contributed by atoms with van der Waals surface area (Å²) in [5.41, 5.74) is 0.992. The smallest absolute Gasteiger partial charge is 0.248 e. The molecule has 1 aromatic rings. The van der Waals surface area contributed by atoms with Gasteiger partial charge in [-0.1, -0.05) is 18.6 Å². The number of hydrogen-bond donors (Lipinski definition) is 1. The minimum absolute atomic E-state index is 0.134. The Kier molecular flexibility index (Phi) is 2.70. The van der Waals surface area contributed by atoms with Crippen LogP contribution in [-0.4, -0.2) is 34.9 Å². The van der Waals surface area contributed by atoms with Crippen LogP contribution in [-0.2, 0) is 4.79 Å². The molecule has 0 radical (unpaired) electrons. The van der Waals surface area contributed by atoms with Gasteiger partial charge >= 0.3 is 0 Å². The largest absolute Gasteiger partial charge is 0.446 e. The summed E-state index contributed by atoms with van der Waals surface area (Å²) < 4.78 is 5.56. The highest BCUT2D eigenvalue weighted by Gasteiger charge is 2.47. The summed E-state index contributed by atoms with van der Waals surface area (Å²) in [5.74, 6) is 1.19. The molecule has 1 N–H and O–H groups in total. The first-order valence-electron chi connectivity index (χ1n) is 7.40. The first-order valence-corrected chi connectivity index (χ1v) is 7.40. The van der Waals surface area contributed by atoms with Crippen LogP contribution in [0.3, 0.4) is 0 Å². The van der Waals surface area contributed by atoms with Crippen molar-refractivity contribution in [1.29, 1.82) is 0 Å². The molecule has 1 amide bonds. The molecule has 1 saturated carbocycles. The summed E-state index contributed by atoms with van der Waals surface area (Å²) in [6.45, 7) is 0. The molecule has 20 heavy (non-hydrogen) atoms. The van der Waals surface area contributed by atoms with E-state index in [-0.39, 0.29) is 18.0 Å². The molecule has 1 aromatic heterocycles. The third-order valence-electron chi connectivity index (χ3n) is 4.96. The number of nitrogens with one attached hydrogen (secondary N) is 1. The second-order valence-corrected chi connectivity index (χ2v) is 5.90. The van der Waals surface area contributed by atoms with E-state index in [1.165, 1.54) is 6.39 Å². The number of oxazole rings is 1. The van der Waals surface area contributed by atoms with E-state index in [0.29, 0.717) is 5.92 Å². The van der Waals surface area contributed by atoms with Crippen LogP contribution in [0.4, 0.5) is 0 Å². The molecule has 0 spiro atoms. The fourth-order valence-corrected chi connectivity index (χ4v) is 3.90. The van der Waals surface area contributed by atoms with Gasteiger partial charge in [-0.25, -0.2) is 4.98 Å². The van der Waals surface area contributed by atoms with Gasteiger partial charge in [0.2, 0.25) is 5.91 Å². The van der Waals surface area contributed by atoms with Gasteiger partial charge in [0.15, 0.2) is 12.2 Å². The summed E-state index contributed by atoms with van der Waals surface area (Å²) in [6.07, 6.45) is 10.1. The number of hydrogen-bond acceptors (Lipinski definition) is 4. The molecule has 5 nitrogen and oxygen atoms in total. The van der Waals surface area contributed by atoms with E-state index in [9.17, 15) is 4.79 Å². The maximum atomic E-state index is 13.0. The van der Waals surface area contributed by atoms with Crippen LogP contribution >= 0.6 is 0 Å². The molecule has 3 aliphatic rings. The number of rotatable bonds is 2. The maximum absolute atomic E-state index is 13.0. The van der Waals surface area contributed by atoms with Crippen molar-refractivity contribution in [2.24, 2.45) is 0 Å². The quantitative estimate of drug-likeness (QED) is 0.834. The molecular weight excluding hydrogens is 254 g/mol. The van der Waals surface area contributed by atoms with Crippen molar-refractivity contribution >= 4 is 5.91 Å². The Morgan fingerprint density at radius 2 is 2.30 bits per heavy atom. The number of carbonyl (C=O) groups excluding carboxylic acids is 1. The van der Waals surface area contributed by atoms with Gasteiger partial charge in [0.25, 0.3) is 0 Å². The van der Waals surface area contributed by atoms with Crippen LogP contribution in [0.25, 0.3) is 0 Å². The molecule has 0 saturated heterocycles. The van der Waals surface area contributed by atoms with Crippen LogP contribution < -0.4 is 5.32 Å². The number of aromatic nitrogens is 1. The molecule has 4 atom stereocenters. The Hall–Kier alpha value is -1.62. The highest BCUT2D eigenvalue weighted by molar-refractivity contribution is 5.85. The van der Waals surface area contributed by atoms with E-state index in [4.69, 9.17) is 4.42 Å². The highest BCUT2D eigenvalue weighted by atomic mass is 16.3. The van der Waals surface area contributed by atoms with Gasteiger partial charge in [-0.15, -0.1) is 0 Å². The SMILES string of the molecule is CNC1C(=O)N(C2C=CC2)C2CCCC2c2ncoc21. The molecule has 0 bridgehead atoms. The number of likely N-dealkylation sites (N-methyl/N-ethyl adjacent to an activating group) is 1. The lowest BCUT2D eigenvalue weighted by Crippen LogP contribution is -2.51. The molecule has 106 valence electrons. The van der Waals surface area contributed by atoms with Crippen molar-refractivity contribution in [1.82, 2.24) is 15.2 Å². The zero-order chi connectivity index (χ0) is 13.7.